The standard InChI is InChI=1S/C18H26O5/c1-18(2)22-13-17(23-18)16(6-4-5-11-19)21-12-14-7-9-15(20-3)10-8-14/h4-5,7-10,16-17,19H,6,11-13H2,1-3H3. The molecule has 2 atom stereocenters. The van der Waals surface area contributed by atoms with Crippen LogP contribution in [0.15, 0.2) is 36.4 Å². The molecule has 1 fully saturated rings. The summed E-state index contributed by atoms with van der Waals surface area (Å²) in [5, 5.41) is 8.89. The molecule has 0 spiro atoms. The molecule has 1 aromatic carbocycles. The van der Waals surface area contributed by atoms with E-state index >= 15 is 0 Å². The molecule has 0 bridgehead atoms. The van der Waals surface area contributed by atoms with Crippen LogP contribution < -0.4 is 4.74 Å². The number of hydrogen-bond donors (Lipinski definition) is 1. The molecule has 0 amide bonds. The lowest BCUT2D eigenvalue weighted by Crippen LogP contribution is -2.32. The molecular weight excluding hydrogens is 296 g/mol. The van der Waals surface area contributed by atoms with Crippen LogP contribution in [0.3, 0.4) is 0 Å². The summed E-state index contributed by atoms with van der Waals surface area (Å²) in [7, 11) is 1.65. The molecule has 1 aliphatic heterocycles. The third kappa shape index (κ3) is 5.62. The molecule has 5 heteroatoms. The number of hydrogen-bond acceptors (Lipinski definition) is 5. The first kappa shape index (κ1) is 17.9. The van der Waals surface area contributed by atoms with Gasteiger partial charge in [-0.15, -0.1) is 0 Å². The molecule has 0 saturated carbocycles. The second-order valence-electron chi connectivity index (χ2n) is 5.95. The SMILES string of the molecule is COc1ccc(COC(CC=CCO)C2COC(C)(C)O2)cc1. The zero-order valence-corrected chi connectivity index (χ0v) is 14.0. The number of aliphatic hydroxyl groups is 1. The summed E-state index contributed by atoms with van der Waals surface area (Å²) < 4.78 is 22.7. The Morgan fingerprint density at radius 3 is 2.61 bits per heavy atom. The van der Waals surface area contributed by atoms with Gasteiger partial charge >= 0.3 is 0 Å². The third-order valence-corrected chi connectivity index (χ3v) is 3.71. The third-order valence-electron chi connectivity index (χ3n) is 3.71. The Bertz CT molecular complexity index is 495. The Kier molecular flexibility index (Phi) is 6.59. The van der Waals surface area contributed by atoms with Crippen molar-refractivity contribution in [1.82, 2.24) is 0 Å². The number of aliphatic hydroxyl groups excluding tert-OH is 1. The Labute approximate surface area is 137 Å². The van der Waals surface area contributed by atoms with Gasteiger partial charge in [-0.25, -0.2) is 0 Å². The van der Waals surface area contributed by atoms with Gasteiger partial charge in [0.05, 0.1) is 33.0 Å². The van der Waals surface area contributed by atoms with E-state index in [4.69, 9.17) is 24.1 Å². The Balaban J connectivity index is 1.94. The van der Waals surface area contributed by atoms with E-state index in [9.17, 15) is 0 Å². The summed E-state index contributed by atoms with van der Waals surface area (Å²) in [6.07, 6.45) is 4.05. The monoisotopic (exact) mass is 322 g/mol. The molecular formula is C18H26O5. The highest BCUT2D eigenvalue weighted by atomic mass is 16.7. The first-order chi connectivity index (χ1) is 11.0. The summed E-state index contributed by atoms with van der Waals surface area (Å²) in [4.78, 5) is 0. The summed E-state index contributed by atoms with van der Waals surface area (Å²) in [5.41, 5.74) is 1.07. The fraction of sp³-hybridized carbons (Fsp3) is 0.556. The van der Waals surface area contributed by atoms with Crippen molar-refractivity contribution in [2.75, 3.05) is 20.3 Å². The quantitative estimate of drug-likeness (QED) is 0.746. The maximum absolute atomic E-state index is 8.89. The van der Waals surface area contributed by atoms with Gasteiger partial charge < -0.3 is 24.1 Å². The smallest absolute Gasteiger partial charge is 0.163 e. The highest BCUT2D eigenvalue weighted by Gasteiger charge is 2.37. The van der Waals surface area contributed by atoms with Crippen LogP contribution in [0.4, 0.5) is 0 Å². The topological polar surface area (TPSA) is 57.2 Å². The van der Waals surface area contributed by atoms with E-state index < -0.39 is 5.79 Å². The summed E-state index contributed by atoms with van der Waals surface area (Å²) >= 11 is 0. The molecule has 0 radical (unpaired) electrons. The number of benzene rings is 1. The summed E-state index contributed by atoms with van der Waals surface area (Å²) in [6.45, 7) is 4.82. The van der Waals surface area contributed by atoms with Gasteiger partial charge in [0.2, 0.25) is 0 Å². The van der Waals surface area contributed by atoms with Gasteiger partial charge in [-0.05, 0) is 38.0 Å². The second kappa shape index (κ2) is 8.45. The van der Waals surface area contributed by atoms with Crippen LogP contribution in [-0.4, -0.2) is 43.4 Å². The molecule has 1 N–H and O–H groups in total. The maximum atomic E-state index is 8.89. The lowest BCUT2D eigenvalue weighted by molar-refractivity contribution is -0.157. The Morgan fingerprint density at radius 1 is 1.30 bits per heavy atom. The number of ether oxygens (including phenoxy) is 4. The fourth-order valence-corrected chi connectivity index (χ4v) is 2.46. The first-order valence-corrected chi connectivity index (χ1v) is 7.86. The van der Waals surface area contributed by atoms with Gasteiger partial charge in [0.15, 0.2) is 5.79 Å². The second-order valence-corrected chi connectivity index (χ2v) is 5.95. The minimum absolute atomic E-state index is 0.0265. The molecule has 1 heterocycles. The van der Waals surface area contributed by atoms with E-state index in [1.165, 1.54) is 0 Å². The van der Waals surface area contributed by atoms with Crippen LogP contribution in [0.25, 0.3) is 0 Å². The zero-order chi connectivity index (χ0) is 16.7. The van der Waals surface area contributed by atoms with Crippen LogP contribution in [-0.2, 0) is 20.8 Å². The zero-order valence-electron chi connectivity index (χ0n) is 14.0. The number of methoxy groups -OCH3 is 1. The van der Waals surface area contributed by atoms with E-state index in [0.29, 0.717) is 19.6 Å². The van der Waals surface area contributed by atoms with Crippen LogP contribution >= 0.6 is 0 Å². The minimum atomic E-state index is -0.576. The molecule has 2 unspecified atom stereocenters. The average Bonchev–Trinajstić information content (AvgIpc) is 2.91. The molecule has 128 valence electrons. The molecule has 0 aliphatic carbocycles. The lowest BCUT2D eigenvalue weighted by Gasteiger charge is -2.24. The van der Waals surface area contributed by atoms with Gasteiger partial charge in [0, 0.05) is 0 Å². The molecule has 1 aromatic rings. The van der Waals surface area contributed by atoms with E-state index in [0.717, 1.165) is 11.3 Å². The van der Waals surface area contributed by atoms with Crippen molar-refractivity contribution in [3.63, 3.8) is 0 Å². The van der Waals surface area contributed by atoms with Crippen LogP contribution in [0.5, 0.6) is 5.75 Å². The summed E-state index contributed by atoms with van der Waals surface area (Å²) in [6, 6.07) is 7.79. The summed E-state index contributed by atoms with van der Waals surface area (Å²) in [5.74, 6) is 0.248. The highest BCUT2D eigenvalue weighted by Crippen LogP contribution is 2.27. The van der Waals surface area contributed by atoms with Crippen LogP contribution in [0.1, 0.15) is 25.8 Å². The van der Waals surface area contributed by atoms with E-state index in [-0.39, 0.29) is 18.8 Å². The van der Waals surface area contributed by atoms with Gasteiger partial charge in [-0.1, -0.05) is 24.3 Å². The molecule has 1 saturated heterocycles. The van der Waals surface area contributed by atoms with E-state index in [2.05, 4.69) is 0 Å². The van der Waals surface area contributed by atoms with E-state index in [1.54, 1.807) is 13.2 Å². The normalized spacial score (nSPS) is 21.7. The molecule has 0 aromatic heterocycles. The van der Waals surface area contributed by atoms with Crippen molar-refractivity contribution in [1.29, 1.82) is 0 Å². The van der Waals surface area contributed by atoms with Gasteiger partial charge in [0.25, 0.3) is 0 Å². The Morgan fingerprint density at radius 2 is 2.04 bits per heavy atom. The lowest BCUT2D eigenvalue weighted by atomic mass is 10.1. The predicted octanol–water partition coefficient (Wildman–Crippen LogP) is 2.67. The van der Waals surface area contributed by atoms with Crippen LogP contribution in [0, 0.1) is 0 Å². The first-order valence-electron chi connectivity index (χ1n) is 7.86. The van der Waals surface area contributed by atoms with Crippen molar-refractivity contribution in [3.05, 3.63) is 42.0 Å². The van der Waals surface area contributed by atoms with Gasteiger partial charge in [-0.3, -0.25) is 0 Å². The molecule has 2 rings (SSSR count). The van der Waals surface area contributed by atoms with Crippen molar-refractivity contribution < 1.29 is 24.1 Å². The van der Waals surface area contributed by atoms with Gasteiger partial charge in [-0.2, -0.15) is 0 Å². The maximum Gasteiger partial charge on any atom is 0.163 e. The molecule has 5 nitrogen and oxygen atoms in total. The van der Waals surface area contributed by atoms with Gasteiger partial charge in [0.1, 0.15) is 11.9 Å². The van der Waals surface area contributed by atoms with Crippen molar-refractivity contribution in [2.45, 2.75) is 44.9 Å². The van der Waals surface area contributed by atoms with E-state index in [1.807, 2.05) is 44.2 Å². The predicted molar refractivity (Wildman–Crippen MR) is 87.3 cm³/mol. The average molecular weight is 322 g/mol. The highest BCUT2D eigenvalue weighted by molar-refractivity contribution is 5.26. The fourth-order valence-electron chi connectivity index (χ4n) is 2.46. The largest absolute Gasteiger partial charge is 0.497 e. The van der Waals surface area contributed by atoms with Crippen molar-refractivity contribution >= 4 is 0 Å². The Hall–Kier alpha value is -1.40. The molecule has 1 aliphatic rings. The van der Waals surface area contributed by atoms with Crippen molar-refractivity contribution in [2.24, 2.45) is 0 Å². The number of rotatable bonds is 8. The molecule has 23 heavy (non-hydrogen) atoms. The van der Waals surface area contributed by atoms with Crippen molar-refractivity contribution in [3.8, 4) is 5.75 Å². The van der Waals surface area contributed by atoms with Crippen LogP contribution in [0.2, 0.25) is 0 Å². The minimum Gasteiger partial charge on any atom is -0.497 e.